The summed E-state index contributed by atoms with van der Waals surface area (Å²) in [6.07, 6.45) is 4.74. The Hall–Kier alpha value is -4.31. The first-order chi connectivity index (χ1) is 22.2. The highest BCUT2D eigenvalue weighted by Gasteiger charge is 2.34. The second kappa shape index (κ2) is 12.5. The van der Waals surface area contributed by atoms with Crippen LogP contribution in [0.15, 0.2) is 103 Å². The van der Waals surface area contributed by atoms with Crippen LogP contribution in [-0.2, 0) is 21.4 Å². The predicted octanol–water partition coefficient (Wildman–Crippen LogP) is 7.00. The average Bonchev–Trinajstić information content (AvgIpc) is 3.60. The van der Waals surface area contributed by atoms with Crippen LogP contribution in [0.25, 0.3) is 16.9 Å². The van der Waals surface area contributed by atoms with E-state index in [1.165, 1.54) is 11.3 Å². The molecule has 11 heteroatoms. The maximum atomic E-state index is 12.4. The lowest BCUT2D eigenvalue weighted by molar-refractivity contribution is -0.117. The number of imidazole rings is 1. The molecule has 3 heterocycles. The van der Waals surface area contributed by atoms with Gasteiger partial charge in [-0.15, -0.1) is 0 Å². The second-order valence-corrected chi connectivity index (χ2v) is 14.0. The second-order valence-electron chi connectivity index (χ2n) is 11.6. The van der Waals surface area contributed by atoms with Crippen molar-refractivity contribution in [3.05, 3.63) is 130 Å². The van der Waals surface area contributed by atoms with Crippen molar-refractivity contribution >= 4 is 50.7 Å². The molecule has 4 aromatic carbocycles. The van der Waals surface area contributed by atoms with Crippen molar-refractivity contribution in [1.29, 1.82) is 0 Å². The van der Waals surface area contributed by atoms with Gasteiger partial charge in [0.2, 0.25) is 0 Å². The van der Waals surface area contributed by atoms with Crippen molar-refractivity contribution in [1.82, 2.24) is 14.3 Å². The van der Waals surface area contributed by atoms with Gasteiger partial charge in [-0.2, -0.15) is 8.42 Å². The van der Waals surface area contributed by atoms with Crippen LogP contribution in [0.3, 0.4) is 0 Å². The van der Waals surface area contributed by atoms with E-state index in [1.807, 2.05) is 33.7 Å². The number of piperidine rings is 1. The molecule has 2 saturated heterocycles. The zero-order chi connectivity index (χ0) is 31.8. The van der Waals surface area contributed by atoms with E-state index in [-0.39, 0.29) is 6.54 Å². The van der Waals surface area contributed by atoms with Gasteiger partial charge in [-0.25, -0.2) is 14.0 Å². The molecular formula is C35H31Cl2N5O3S. The van der Waals surface area contributed by atoms with Gasteiger partial charge < -0.3 is 9.47 Å². The average molecular weight is 673 g/mol. The van der Waals surface area contributed by atoms with E-state index in [0.29, 0.717) is 33.8 Å². The Morgan fingerprint density at radius 2 is 1.50 bits per heavy atom. The maximum absolute atomic E-state index is 12.4. The van der Waals surface area contributed by atoms with E-state index < -0.39 is 16.1 Å². The minimum Gasteiger partial charge on any atom is -0.371 e. The van der Waals surface area contributed by atoms with Gasteiger partial charge >= 0.3 is 10.2 Å². The van der Waals surface area contributed by atoms with Gasteiger partial charge in [0.05, 0.1) is 16.4 Å². The molecule has 46 heavy (non-hydrogen) atoms. The lowest BCUT2D eigenvalue weighted by Gasteiger charge is -2.34. The monoisotopic (exact) mass is 671 g/mol. The number of nitrogens with one attached hydrogen (secondary N) is 1. The highest BCUT2D eigenvalue weighted by atomic mass is 35.5. The number of anilines is 2. The minimum atomic E-state index is -3.90. The van der Waals surface area contributed by atoms with Crippen LogP contribution >= 0.6 is 23.2 Å². The zero-order valence-corrected chi connectivity index (χ0v) is 27.1. The van der Waals surface area contributed by atoms with E-state index in [1.54, 1.807) is 24.3 Å². The highest BCUT2D eigenvalue weighted by molar-refractivity contribution is 7.92. The predicted molar refractivity (Wildman–Crippen MR) is 183 cm³/mol. The number of carbonyl (C=O) groups excluding carboxylic acids is 1. The molecule has 0 bridgehead atoms. The molecule has 0 unspecified atom stereocenters. The number of halogens is 2. The number of hydrogen-bond acceptors (Lipinski definition) is 5. The molecular weight excluding hydrogens is 641 g/mol. The van der Waals surface area contributed by atoms with Crippen molar-refractivity contribution in [3.63, 3.8) is 0 Å². The number of aromatic nitrogens is 2. The number of amides is 1. The third-order valence-corrected chi connectivity index (χ3v) is 10.6. The van der Waals surface area contributed by atoms with Gasteiger partial charge in [0, 0.05) is 47.7 Å². The first-order valence-electron chi connectivity index (χ1n) is 15.1. The van der Waals surface area contributed by atoms with E-state index >= 15 is 0 Å². The van der Waals surface area contributed by atoms with Gasteiger partial charge in [-0.05, 0) is 84.5 Å². The van der Waals surface area contributed by atoms with Crippen LogP contribution in [0, 0.1) is 0 Å². The molecule has 2 fully saturated rings. The largest absolute Gasteiger partial charge is 0.371 e. The lowest BCUT2D eigenvalue weighted by Crippen LogP contribution is -2.32. The Kier molecular flexibility index (Phi) is 8.23. The third kappa shape index (κ3) is 6.23. The molecule has 1 aromatic heterocycles. The van der Waals surface area contributed by atoms with Crippen LogP contribution in [-0.4, -0.2) is 43.5 Å². The Morgan fingerprint density at radius 1 is 0.826 bits per heavy atom. The van der Waals surface area contributed by atoms with Crippen molar-refractivity contribution in [2.24, 2.45) is 0 Å². The van der Waals surface area contributed by atoms with Crippen molar-refractivity contribution in [2.75, 3.05) is 28.8 Å². The summed E-state index contributed by atoms with van der Waals surface area (Å²) in [7, 11) is -3.90. The fraction of sp³-hybridized carbons (Fsp3) is 0.200. The van der Waals surface area contributed by atoms with Gasteiger partial charge in [-0.3, -0.25) is 4.79 Å². The Morgan fingerprint density at radius 3 is 2.15 bits per heavy atom. The lowest BCUT2D eigenvalue weighted by atomic mass is 9.89. The van der Waals surface area contributed by atoms with Gasteiger partial charge in [-0.1, -0.05) is 65.7 Å². The number of rotatable bonds is 7. The first-order valence-corrected chi connectivity index (χ1v) is 17.3. The van der Waals surface area contributed by atoms with E-state index in [2.05, 4.69) is 59.5 Å². The molecule has 0 atom stereocenters. The third-order valence-electron chi connectivity index (χ3n) is 8.65. The summed E-state index contributed by atoms with van der Waals surface area (Å²) in [4.78, 5) is 19.2. The summed E-state index contributed by atoms with van der Waals surface area (Å²) in [6.45, 7) is 1.79. The molecule has 234 valence electrons. The van der Waals surface area contributed by atoms with Crippen LogP contribution in [0.1, 0.15) is 35.7 Å². The number of benzene rings is 4. The smallest absolute Gasteiger partial charge is 0.326 e. The maximum Gasteiger partial charge on any atom is 0.326 e. The molecule has 0 aliphatic carbocycles. The molecule has 1 amide bonds. The molecule has 5 aromatic rings. The molecule has 0 saturated carbocycles. The fourth-order valence-electron chi connectivity index (χ4n) is 6.25. The molecule has 2 aliphatic rings. The summed E-state index contributed by atoms with van der Waals surface area (Å²) in [6, 6.07) is 31.8. The van der Waals surface area contributed by atoms with Gasteiger partial charge in [0.1, 0.15) is 12.4 Å². The first kappa shape index (κ1) is 30.3. The van der Waals surface area contributed by atoms with Gasteiger partial charge in [0.25, 0.3) is 5.91 Å². The molecule has 0 radical (unpaired) electrons. The van der Waals surface area contributed by atoms with Crippen molar-refractivity contribution < 1.29 is 13.2 Å². The normalized spacial score (nSPS) is 16.5. The van der Waals surface area contributed by atoms with Crippen LogP contribution in [0.4, 0.5) is 11.4 Å². The Balaban J connectivity index is 1.14. The summed E-state index contributed by atoms with van der Waals surface area (Å²) < 4.78 is 29.7. The van der Waals surface area contributed by atoms with Crippen molar-refractivity contribution in [3.8, 4) is 16.9 Å². The molecule has 2 aliphatic heterocycles. The van der Waals surface area contributed by atoms with Crippen LogP contribution < -0.4 is 13.9 Å². The minimum absolute atomic E-state index is 0.252. The van der Waals surface area contributed by atoms with E-state index in [9.17, 15) is 13.2 Å². The van der Waals surface area contributed by atoms with Crippen LogP contribution in [0.5, 0.6) is 0 Å². The topological polar surface area (TPSA) is 87.5 Å². The Labute approximate surface area is 278 Å². The standard InChI is InChI=1S/C35H31Cl2N5O3S/c36-27-8-15-31(32(37)21-27)33-22-41(29-11-13-30(14-12-29)42-23-35(43)39-46(42,44)45)34(38-33)20-24-6-9-28(10-7-24)40-18-16-26(17-19-40)25-4-2-1-3-5-25/h1-15,21-22,26H,16-20,23H2,(H,39,43). The SMILES string of the molecule is O=C1CN(c2ccc(-n3cc(-c4ccc(Cl)cc4Cl)nc3Cc3ccc(N4CCC(c5ccccc5)CC4)cc3)cc2)S(=O)(=O)N1. The van der Waals surface area contributed by atoms with Crippen LogP contribution in [0.2, 0.25) is 10.0 Å². The fourth-order valence-corrected chi connectivity index (χ4v) is 7.91. The number of carbonyl (C=O) groups is 1. The summed E-state index contributed by atoms with van der Waals surface area (Å²) in [5.74, 6) is 0.830. The molecule has 1 N–H and O–H groups in total. The number of nitrogens with zero attached hydrogens (tertiary/aromatic N) is 4. The highest BCUT2D eigenvalue weighted by Crippen LogP contribution is 2.33. The number of hydrogen-bond donors (Lipinski definition) is 1. The van der Waals surface area contributed by atoms with E-state index in [4.69, 9.17) is 28.2 Å². The quantitative estimate of drug-likeness (QED) is 0.201. The van der Waals surface area contributed by atoms with Crippen molar-refractivity contribution in [2.45, 2.75) is 25.2 Å². The Bertz CT molecular complexity index is 1990. The summed E-state index contributed by atoms with van der Waals surface area (Å²) >= 11 is 12.7. The molecule has 7 rings (SSSR count). The summed E-state index contributed by atoms with van der Waals surface area (Å²) in [5.41, 5.74) is 6.38. The van der Waals surface area contributed by atoms with Gasteiger partial charge in [0.15, 0.2) is 0 Å². The summed E-state index contributed by atoms with van der Waals surface area (Å²) in [5, 5.41) is 1.04. The zero-order valence-electron chi connectivity index (χ0n) is 24.8. The molecule has 8 nitrogen and oxygen atoms in total. The molecule has 0 spiro atoms. The van der Waals surface area contributed by atoms with E-state index in [0.717, 1.165) is 52.9 Å².